The quantitative estimate of drug-likeness (QED) is 0.605. The number of carbonyl (C=O) groups excluding carboxylic acids is 1. The number of hydrogen-bond acceptors (Lipinski definition) is 4. The smallest absolute Gasteiger partial charge is 0.273 e. The number of aromatic nitrogens is 1. The minimum atomic E-state index is -0.660. The lowest BCUT2D eigenvalue weighted by molar-refractivity contribution is 0.0932. The second-order valence-corrected chi connectivity index (χ2v) is 7.35. The van der Waals surface area contributed by atoms with Crippen LogP contribution < -0.4 is 5.32 Å². The SMILES string of the molecule is CN(C)C(CNC(=O)c1cc(-c2ccc(Br)cc2)on1)c1ccc(F)cc1F. The first-order chi connectivity index (χ1) is 13.3. The molecule has 0 aliphatic heterocycles. The maximum atomic E-state index is 14.1. The lowest BCUT2D eigenvalue weighted by Gasteiger charge is -2.25. The van der Waals surface area contributed by atoms with E-state index in [0.29, 0.717) is 11.3 Å². The molecule has 2 aromatic carbocycles. The largest absolute Gasteiger partial charge is 0.355 e. The molecule has 3 rings (SSSR count). The molecule has 28 heavy (non-hydrogen) atoms. The number of rotatable bonds is 6. The van der Waals surface area contributed by atoms with Crippen molar-refractivity contribution in [1.29, 1.82) is 0 Å². The number of nitrogens with zero attached hydrogens (tertiary/aromatic N) is 2. The van der Waals surface area contributed by atoms with Gasteiger partial charge in [-0.05, 0) is 32.3 Å². The lowest BCUT2D eigenvalue weighted by Crippen LogP contribution is -2.35. The van der Waals surface area contributed by atoms with E-state index < -0.39 is 23.6 Å². The number of carbonyl (C=O) groups is 1. The highest BCUT2D eigenvalue weighted by molar-refractivity contribution is 9.10. The summed E-state index contributed by atoms with van der Waals surface area (Å²) in [4.78, 5) is 14.2. The summed E-state index contributed by atoms with van der Waals surface area (Å²) in [6.07, 6.45) is 0. The molecule has 1 aromatic heterocycles. The predicted octanol–water partition coefficient (Wildman–Crippen LogP) is 4.42. The Bertz CT molecular complexity index is 974. The summed E-state index contributed by atoms with van der Waals surface area (Å²) >= 11 is 3.36. The van der Waals surface area contributed by atoms with Crippen molar-refractivity contribution < 1.29 is 18.1 Å². The summed E-state index contributed by atoms with van der Waals surface area (Å²) in [6, 6.07) is 11.9. The van der Waals surface area contributed by atoms with Gasteiger partial charge in [0.2, 0.25) is 0 Å². The van der Waals surface area contributed by atoms with E-state index in [2.05, 4.69) is 26.4 Å². The zero-order valence-electron chi connectivity index (χ0n) is 15.2. The van der Waals surface area contributed by atoms with Crippen LogP contribution in [0.25, 0.3) is 11.3 Å². The van der Waals surface area contributed by atoms with Crippen LogP contribution in [0.2, 0.25) is 0 Å². The first kappa shape index (κ1) is 20.2. The minimum Gasteiger partial charge on any atom is -0.355 e. The third-order valence-corrected chi connectivity index (χ3v) is 4.80. The molecule has 146 valence electrons. The van der Waals surface area contributed by atoms with E-state index in [1.54, 1.807) is 25.1 Å². The Kier molecular flexibility index (Phi) is 6.21. The van der Waals surface area contributed by atoms with Crippen LogP contribution in [-0.4, -0.2) is 36.6 Å². The Balaban J connectivity index is 1.71. The fourth-order valence-electron chi connectivity index (χ4n) is 2.75. The first-order valence-corrected chi connectivity index (χ1v) is 9.26. The van der Waals surface area contributed by atoms with Gasteiger partial charge in [0.15, 0.2) is 11.5 Å². The van der Waals surface area contributed by atoms with Crippen molar-refractivity contribution >= 4 is 21.8 Å². The number of benzene rings is 2. The average molecular weight is 450 g/mol. The van der Waals surface area contributed by atoms with E-state index in [1.807, 2.05) is 24.3 Å². The van der Waals surface area contributed by atoms with Crippen molar-refractivity contribution in [1.82, 2.24) is 15.4 Å². The van der Waals surface area contributed by atoms with Crippen LogP contribution in [0, 0.1) is 11.6 Å². The molecule has 0 aliphatic carbocycles. The fraction of sp³-hybridized carbons (Fsp3) is 0.200. The van der Waals surface area contributed by atoms with E-state index in [9.17, 15) is 13.6 Å². The van der Waals surface area contributed by atoms with Crippen molar-refractivity contribution in [3.8, 4) is 11.3 Å². The van der Waals surface area contributed by atoms with Crippen molar-refractivity contribution in [3.63, 3.8) is 0 Å². The lowest BCUT2D eigenvalue weighted by atomic mass is 10.0. The number of halogens is 3. The number of amides is 1. The van der Waals surface area contributed by atoms with E-state index in [-0.39, 0.29) is 12.2 Å². The molecular weight excluding hydrogens is 432 g/mol. The van der Waals surface area contributed by atoms with Gasteiger partial charge in [-0.25, -0.2) is 8.78 Å². The van der Waals surface area contributed by atoms with Crippen molar-refractivity contribution in [2.75, 3.05) is 20.6 Å². The summed E-state index contributed by atoms with van der Waals surface area (Å²) in [5.41, 5.74) is 1.20. The van der Waals surface area contributed by atoms with Gasteiger partial charge in [0.25, 0.3) is 5.91 Å². The molecule has 1 unspecified atom stereocenters. The standard InChI is InChI=1S/C20H18BrF2N3O2/c1-26(2)18(15-8-7-14(22)9-16(15)23)11-24-20(27)17-10-19(28-25-17)12-3-5-13(21)6-4-12/h3-10,18H,11H2,1-2H3,(H,24,27). The molecule has 3 aromatic rings. The Hall–Kier alpha value is -2.58. The zero-order valence-corrected chi connectivity index (χ0v) is 16.8. The Labute approximate surface area is 169 Å². The monoisotopic (exact) mass is 449 g/mol. The van der Waals surface area contributed by atoms with Gasteiger partial charge in [0, 0.05) is 34.3 Å². The Morgan fingerprint density at radius 2 is 1.89 bits per heavy atom. The molecule has 0 saturated carbocycles. The van der Waals surface area contributed by atoms with Crippen LogP contribution in [0.3, 0.4) is 0 Å². The van der Waals surface area contributed by atoms with Crippen LogP contribution >= 0.6 is 15.9 Å². The van der Waals surface area contributed by atoms with Gasteiger partial charge >= 0.3 is 0 Å². The number of nitrogens with one attached hydrogen (secondary N) is 1. The number of hydrogen-bond donors (Lipinski definition) is 1. The highest BCUT2D eigenvalue weighted by atomic mass is 79.9. The summed E-state index contributed by atoms with van der Waals surface area (Å²) in [7, 11) is 3.50. The van der Waals surface area contributed by atoms with E-state index in [1.165, 1.54) is 12.1 Å². The van der Waals surface area contributed by atoms with Gasteiger partial charge in [-0.3, -0.25) is 4.79 Å². The molecule has 1 amide bonds. The van der Waals surface area contributed by atoms with Crippen LogP contribution in [0.5, 0.6) is 0 Å². The predicted molar refractivity (Wildman–Crippen MR) is 105 cm³/mol. The molecule has 0 bridgehead atoms. The zero-order chi connectivity index (χ0) is 20.3. The van der Waals surface area contributed by atoms with Crippen molar-refractivity contribution in [2.24, 2.45) is 0 Å². The van der Waals surface area contributed by atoms with Crippen LogP contribution in [0.15, 0.2) is 57.5 Å². The van der Waals surface area contributed by atoms with Gasteiger partial charge in [-0.2, -0.15) is 0 Å². The third-order valence-electron chi connectivity index (χ3n) is 4.27. The van der Waals surface area contributed by atoms with Gasteiger partial charge in [0.1, 0.15) is 11.6 Å². The number of likely N-dealkylation sites (N-methyl/N-ethyl adjacent to an activating group) is 1. The van der Waals surface area contributed by atoms with Crippen molar-refractivity contribution in [3.05, 3.63) is 75.9 Å². The highest BCUT2D eigenvalue weighted by Gasteiger charge is 2.21. The highest BCUT2D eigenvalue weighted by Crippen LogP contribution is 2.24. The molecule has 1 N–H and O–H groups in total. The van der Waals surface area contributed by atoms with Crippen molar-refractivity contribution in [2.45, 2.75) is 6.04 Å². The Morgan fingerprint density at radius 3 is 2.54 bits per heavy atom. The molecule has 5 nitrogen and oxygen atoms in total. The Morgan fingerprint density at radius 1 is 1.18 bits per heavy atom. The van der Waals surface area contributed by atoms with Gasteiger partial charge in [-0.15, -0.1) is 0 Å². The summed E-state index contributed by atoms with van der Waals surface area (Å²) in [6.45, 7) is 0.120. The second kappa shape index (κ2) is 8.62. The van der Waals surface area contributed by atoms with E-state index in [4.69, 9.17) is 4.52 Å². The maximum Gasteiger partial charge on any atom is 0.273 e. The third kappa shape index (κ3) is 4.63. The minimum absolute atomic E-state index is 0.120. The van der Waals surface area contributed by atoms with Crippen LogP contribution in [0.4, 0.5) is 8.78 Å². The first-order valence-electron chi connectivity index (χ1n) is 8.47. The summed E-state index contributed by atoms with van der Waals surface area (Å²) in [5, 5.41) is 6.53. The molecule has 0 spiro atoms. The topological polar surface area (TPSA) is 58.4 Å². The molecule has 1 atom stereocenters. The molecule has 1 heterocycles. The van der Waals surface area contributed by atoms with Crippen LogP contribution in [-0.2, 0) is 0 Å². The van der Waals surface area contributed by atoms with E-state index >= 15 is 0 Å². The van der Waals surface area contributed by atoms with Gasteiger partial charge in [-0.1, -0.05) is 39.3 Å². The van der Waals surface area contributed by atoms with Gasteiger partial charge < -0.3 is 14.7 Å². The average Bonchev–Trinajstić information content (AvgIpc) is 3.14. The second-order valence-electron chi connectivity index (χ2n) is 6.44. The normalized spacial score (nSPS) is 12.2. The van der Waals surface area contributed by atoms with Gasteiger partial charge in [0.05, 0.1) is 6.04 Å². The van der Waals surface area contributed by atoms with E-state index in [0.717, 1.165) is 16.1 Å². The molecular formula is C20H18BrF2N3O2. The summed E-state index contributed by atoms with van der Waals surface area (Å²) < 4.78 is 33.5. The fourth-order valence-corrected chi connectivity index (χ4v) is 3.02. The molecule has 0 aliphatic rings. The molecule has 0 radical (unpaired) electrons. The molecule has 0 fully saturated rings. The van der Waals surface area contributed by atoms with Crippen LogP contribution in [0.1, 0.15) is 22.1 Å². The molecule has 8 heteroatoms. The molecule has 0 saturated heterocycles. The summed E-state index contributed by atoms with van der Waals surface area (Å²) in [5.74, 6) is -1.29. The maximum absolute atomic E-state index is 14.1.